The van der Waals surface area contributed by atoms with Crippen LogP contribution in [0.25, 0.3) is 0 Å². The number of hydrogen-bond donors (Lipinski definition) is 4. The Kier molecular flexibility index (Phi) is 8.51. The van der Waals surface area contributed by atoms with Crippen molar-refractivity contribution in [1.82, 2.24) is 10.7 Å². The van der Waals surface area contributed by atoms with Gasteiger partial charge in [0.2, 0.25) is 5.75 Å². The number of benzene rings is 2. The highest BCUT2D eigenvalue weighted by molar-refractivity contribution is 9.11. The molecule has 0 fully saturated rings. The first-order valence-corrected chi connectivity index (χ1v) is 10.1. The third-order valence-corrected chi connectivity index (χ3v) is 5.28. The molecule has 0 aliphatic carbocycles. The lowest BCUT2D eigenvalue weighted by Crippen LogP contribution is -2.34. The molecular weight excluding hydrogens is 542 g/mol. The summed E-state index contributed by atoms with van der Waals surface area (Å²) in [5.41, 5.74) is 2.66. The second kappa shape index (κ2) is 10.9. The molecule has 31 heavy (non-hydrogen) atoms. The van der Waals surface area contributed by atoms with Gasteiger partial charge in [0.15, 0.2) is 11.5 Å². The highest BCUT2D eigenvalue weighted by Crippen LogP contribution is 2.40. The van der Waals surface area contributed by atoms with Gasteiger partial charge >= 0.3 is 0 Å². The lowest BCUT2D eigenvalue weighted by molar-refractivity contribution is -0.120. The monoisotopic (exact) mass is 559 g/mol. The Morgan fingerprint density at radius 3 is 2.19 bits per heavy atom. The summed E-state index contributed by atoms with van der Waals surface area (Å²) in [6.07, 6.45) is 1.18. The molecule has 4 N–H and O–H groups in total. The molecule has 12 heteroatoms. The number of phenolic OH excluding ortho intramolecular Hbond substituents is 2. The van der Waals surface area contributed by atoms with Crippen molar-refractivity contribution in [3.63, 3.8) is 0 Å². The quantitative estimate of drug-likeness (QED) is 0.287. The zero-order valence-electron chi connectivity index (χ0n) is 16.7. The average molecular weight is 561 g/mol. The Balaban J connectivity index is 2.01. The fourth-order valence-electron chi connectivity index (χ4n) is 2.40. The maximum absolute atomic E-state index is 12.4. The molecule has 2 aromatic rings. The largest absolute Gasteiger partial charge is 0.506 e. The number of nitrogens with one attached hydrogen (secondary N) is 2. The molecule has 0 saturated carbocycles. The molecule has 2 amide bonds. The number of methoxy groups -OCH3 is 3. The molecule has 0 spiro atoms. The van der Waals surface area contributed by atoms with Gasteiger partial charge in [0.05, 0.1) is 38.6 Å². The highest BCUT2D eigenvalue weighted by atomic mass is 79.9. The minimum atomic E-state index is -0.603. The molecule has 0 radical (unpaired) electrons. The zero-order chi connectivity index (χ0) is 23.1. The van der Waals surface area contributed by atoms with Crippen molar-refractivity contribution in [2.24, 2.45) is 5.10 Å². The van der Waals surface area contributed by atoms with Gasteiger partial charge in [-0.3, -0.25) is 9.59 Å². The van der Waals surface area contributed by atoms with Gasteiger partial charge in [-0.15, -0.1) is 0 Å². The van der Waals surface area contributed by atoms with E-state index in [1.54, 1.807) is 0 Å². The Morgan fingerprint density at radius 1 is 1.03 bits per heavy atom. The first-order chi connectivity index (χ1) is 14.7. The SMILES string of the molecule is COc1cc(C(=O)NCC(=O)NN=Cc2cc(Br)c(O)c(Br)c2O)cc(OC)c1OC. The van der Waals surface area contributed by atoms with Crippen LogP contribution in [-0.2, 0) is 4.79 Å². The summed E-state index contributed by atoms with van der Waals surface area (Å²) in [5.74, 6) is -0.637. The minimum Gasteiger partial charge on any atom is -0.506 e. The van der Waals surface area contributed by atoms with Crippen LogP contribution in [0.15, 0.2) is 32.2 Å². The predicted molar refractivity (Wildman–Crippen MR) is 119 cm³/mol. The topological polar surface area (TPSA) is 139 Å². The van der Waals surface area contributed by atoms with Crippen LogP contribution in [0.1, 0.15) is 15.9 Å². The fraction of sp³-hybridized carbons (Fsp3) is 0.211. The zero-order valence-corrected chi connectivity index (χ0v) is 19.8. The first-order valence-electron chi connectivity index (χ1n) is 8.53. The van der Waals surface area contributed by atoms with Crippen LogP contribution in [-0.4, -0.2) is 56.1 Å². The molecular formula is C19H19Br2N3O7. The number of carbonyl (C=O) groups excluding carboxylic acids is 2. The third-order valence-electron chi connectivity index (χ3n) is 3.93. The van der Waals surface area contributed by atoms with E-state index >= 15 is 0 Å². The number of hydrogen-bond acceptors (Lipinski definition) is 8. The number of aromatic hydroxyl groups is 2. The van der Waals surface area contributed by atoms with E-state index < -0.39 is 11.8 Å². The molecule has 166 valence electrons. The average Bonchev–Trinajstić information content (AvgIpc) is 2.78. The summed E-state index contributed by atoms with van der Waals surface area (Å²) < 4.78 is 16.0. The Bertz CT molecular complexity index is 1000. The van der Waals surface area contributed by atoms with Crippen LogP contribution in [0.2, 0.25) is 0 Å². The first kappa shape index (κ1) is 24.3. The van der Waals surface area contributed by atoms with E-state index in [-0.39, 0.29) is 33.6 Å². The number of carbonyl (C=O) groups is 2. The molecule has 0 saturated heterocycles. The summed E-state index contributed by atoms with van der Waals surface area (Å²) in [6.45, 7) is -0.359. The van der Waals surface area contributed by atoms with Gasteiger partial charge in [0, 0.05) is 11.1 Å². The number of amides is 2. The number of nitrogens with zero attached hydrogens (tertiary/aromatic N) is 1. The van der Waals surface area contributed by atoms with Crippen LogP contribution in [0.5, 0.6) is 28.7 Å². The number of ether oxygens (including phenoxy) is 3. The highest BCUT2D eigenvalue weighted by Gasteiger charge is 2.17. The Hall–Kier alpha value is -2.99. The van der Waals surface area contributed by atoms with Crippen LogP contribution in [0.4, 0.5) is 0 Å². The normalized spacial score (nSPS) is 10.6. The summed E-state index contributed by atoms with van der Waals surface area (Å²) in [7, 11) is 4.29. The number of rotatable bonds is 8. The Morgan fingerprint density at radius 2 is 1.65 bits per heavy atom. The molecule has 0 bridgehead atoms. The molecule has 0 aliphatic heterocycles. The van der Waals surface area contributed by atoms with Crippen LogP contribution < -0.4 is 25.0 Å². The van der Waals surface area contributed by atoms with E-state index in [1.807, 2.05) is 0 Å². The summed E-state index contributed by atoms with van der Waals surface area (Å²) in [5, 5.41) is 25.9. The van der Waals surface area contributed by atoms with E-state index in [9.17, 15) is 19.8 Å². The van der Waals surface area contributed by atoms with Crippen LogP contribution >= 0.6 is 31.9 Å². The third kappa shape index (κ3) is 5.79. The maximum Gasteiger partial charge on any atom is 0.259 e. The van der Waals surface area contributed by atoms with E-state index in [2.05, 4.69) is 47.7 Å². The van der Waals surface area contributed by atoms with Gasteiger partial charge < -0.3 is 29.7 Å². The predicted octanol–water partition coefficient (Wildman–Crippen LogP) is 2.53. The van der Waals surface area contributed by atoms with E-state index in [0.717, 1.165) is 0 Å². The summed E-state index contributed by atoms with van der Waals surface area (Å²) in [6, 6.07) is 4.32. The Labute approximate surface area is 194 Å². The smallest absolute Gasteiger partial charge is 0.259 e. The minimum absolute atomic E-state index is 0.0762. The van der Waals surface area contributed by atoms with Gasteiger partial charge in [-0.1, -0.05) is 0 Å². The molecule has 0 aliphatic rings. The van der Waals surface area contributed by atoms with Crippen molar-refractivity contribution in [1.29, 1.82) is 0 Å². The molecule has 0 aromatic heterocycles. The summed E-state index contributed by atoms with van der Waals surface area (Å²) in [4.78, 5) is 24.3. The molecule has 0 atom stereocenters. The van der Waals surface area contributed by atoms with Crippen molar-refractivity contribution in [2.75, 3.05) is 27.9 Å². The lowest BCUT2D eigenvalue weighted by atomic mass is 10.1. The molecule has 2 aromatic carbocycles. The lowest BCUT2D eigenvalue weighted by Gasteiger charge is -2.14. The number of phenols is 2. The van der Waals surface area contributed by atoms with Crippen molar-refractivity contribution in [3.05, 3.63) is 38.3 Å². The molecule has 10 nitrogen and oxygen atoms in total. The van der Waals surface area contributed by atoms with Gasteiger partial charge in [0.1, 0.15) is 16.0 Å². The van der Waals surface area contributed by atoms with Gasteiger partial charge in [-0.05, 0) is 50.1 Å². The van der Waals surface area contributed by atoms with Crippen molar-refractivity contribution in [3.8, 4) is 28.7 Å². The maximum atomic E-state index is 12.4. The second-order valence-corrected chi connectivity index (χ2v) is 7.50. The fourth-order valence-corrected chi connectivity index (χ4v) is 3.56. The second-order valence-electron chi connectivity index (χ2n) is 5.85. The van der Waals surface area contributed by atoms with E-state index in [4.69, 9.17) is 14.2 Å². The van der Waals surface area contributed by atoms with Gasteiger partial charge in [-0.2, -0.15) is 5.10 Å². The van der Waals surface area contributed by atoms with Crippen molar-refractivity contribution >= 4 is 49.9 Å². The van der Waals surface area contributed by atoms with Crippen molar-refractivity contribution in [2.45, 2.75) is 0 Å². The molecule has 0 heterocycles. The van der Waals surface area contributed by atoms with E-state index in [1.165, 1.54) is 45.7 Å². The van der Waals surface area contributed by atoms with Gasteiger partial charge in [0.25, 0.3) is 11.8 Å². The standard InChI is InChI=1S/C19H19Br2N3O7/c1-29-12-5-9(6-13(30-2)18(12)31-3)19(28)22-8-14(25)24-23-7-10-4-11(20)17(27)15(21)16(10)26/h4-7,26-27H,8H2,1-3H3,(H,22,28)(H,24,25). The van der Waals surface area contributed by atoms with Crippen molar-refractivity contribution < 1.29 is 34.0 Å². The molecule has 0 unspecified atom stereocenters. The van der Waals surface area contributed by atoms with Crippen LogP contribution in [0.3, 0.4) is 0 Å². The number of hydrazone groups is 1. The summed E-state index contributed by atoms with van der Waals surface area (Å²) >= 11 is 6.17. The number of halogens is 2. The van der Waals surface area contributed by atoms with Gasteiger partial charge in [-0.25, -0.2) is 5.43 Å². The van der Waals surface area contributed by atoms with E-state index in [0.29, 0.717) is 21.7 Å². The molecule has 2 rings (SSSR count). The van der Waals surface area contributed by atoms with Crippen LogP contribution in [0, 0.1) is 0 Å².